The zero-order chi connectivity index (χ0) is 17.4. The van der Waals surface area contributed by atoms with Crippen LogP contribution < -0.4 is 15.0 Å². The molecule has 1 amide bonds. The lowest BCUT2D eigenvalue weighted by molar-refractivity contribution is -0.123. The van der Waals surface area contributed by atoms with Crippen LogP contribution in [0.15, 0.2) is 24.3 Å². The van der Waals surface area contributed by atoms with Gasteiger partial charge < -0.3 is 15.0 Å². The van der Waals surface area contributed by atoms with Gasteiger partial charge in [-0.2, -0.15) is 0 Å². The van der Waals surface area contributed by atoms with Crippen molar-refractivity contribution in [2.45, 2.75) is 39.2 Å². The molecule has 0 unspecified atom stereocenters. The van der Waals surface area contributed by atoms with E-state index >= 15 is 0 Å². The Hall–Kier alpha value is -1.75. The summed E-state index contributed by atoms with van der Waals surface area (Å²) in [7, 11) is 1.69. The van der Waals surface area contributed by atoms with E-state index < -0.39 is 0 Å². The van der Waals surface area contributed by atoms with E-state index in [2.05, 4.69) is 41.1 Å². The number of benzene rings is 1. The number of carbonyl (C=O) groups excluding carboxylic acids is 1. The van der Waals surface area contributed by atoms with Crippen LogP contribution in [0.3, 0.4) is 0 Å². The number of nitrogens with one attached hydrogen (secondary N) is 1. The van der Waals surface area contributed by atoms with Crippen LogP contribution in [0, 0.1) is 0 Å². The van der Waals surface area contributed by atoms with E-state index in [0.29, 0.717) is 12.6 Å². The Morgan fingerprint density at radius 1 is 1.12 bits per heavy atom. The van der Waals surface area contributed by atoms with E-state index in [1.165, 1.54) is 5.69 Å². The van der Waals surface area contributed by atoms with Crippen molar-refractivity contribution in [2.24, 2.45) is 0 Å². The molecular weight excluding hydrogens is 302 g/mol. The van der Waals surface area contributed by atoms with Gasteiger partial charge in [0.15, 0.2) is 0 Å². The summed E-state index contributed by atoms with van der Waals surface area (Å²) in [6, 6.07) is 8.52. The second-order valence-corrected chi connectivity index (χ2v) is 6.40. The Morgan fingerprint density at radius 3 is 2.46 bits per heavy atom. The van der Waals surface area contributed by atoms with Crippen LogP contribution in [0.4, 0.5) is 5.69 Å². The van der Waals surface area contributed by atoms with Crippen molar-refractivity contribution in [2.75, 3.05) is 44.7 Å². The fraction of sp³-hybridized carbons (Fsp3) is 0.632. The third kappa shape index (κ3) is 5.41. The highest BCUT2D eigenvalue weighted by Gasteiger charge is 2.18. The van der Waals surface area contributed by atoms with Gasteiger partial charge in [-0.3, -0.25) is 9.69 Å². The largest absolute Gasteiger partial charge is 0.497 e. The maximum absolute atomic E-state index is 12.2. The number of carbonyl (C=O) groups is 1. The number of methoxy groups -OCH3 is 1. The monoisotopic (exact) mass is 333 g/mol. The van der Waals surface area contributed by atoms with Gasteiger partial charge in [-0.25, -0.2) is 0 Å². The summed E-state index contributed by atoms with van der Waals surface area (Å²) in [4.78, 5) is 16.8. The molecule has 24 heavy (non-hydrogen) atoms. The minimum Gasteiger partial charge on any atom is -0.497 e. The quantitative estimate of drug-likeness (QED) is 0.833. The third-order valence-electron chi connectivity index (χ3n) is 4.74. The summed E-state index contributed by atoms with van der Waals surface area (Å²) >= 11 is 0. The Labute approximate surface area is 146 Å². The van der Waals surface area contributed by atoms with E-state index in [1.807, 2.05) is 12.1 Å². The van der Waals surface area contributed by atoms with E-state index in [9.17, 15) is 4.79 Å². The highest BCUT2D eigenvalue weighted by molar-refractivity contribution is 5.78. The molecule has 0 radical (unpaired) electrons. The number of nitrogens with zero attached hydrogens (tertiary/aromatic N) is 2. The number of amides is 1. The highest BCUT2D eigenvalue weighted by Crippen LogP contribution is 2.20. The number of ether oxygens (including phenoxy) is 1. The molecule has 0 atom stereocenters. The highest BCUT2D eigenvalue weighted by atomic mass is 16.5. The van der Waals surface area contributed by atoms with Crippen molar-refractivity contribution in [1.82, 2.24) is 10.2 Å². The molecule has 1 fully saturated rings. The molecule has 1 aliphatic rings. The molecule has 0 spiro atoms. The van der Waals surface area contributed by atoms with Crippen molar-refractivity contribution in [3.05, 3.63) is 24.3 Å². The van der Waals surface area contributed by atoms with Gasteiger partial charge in [0.2, 0.25) is 5.91 Å². The average molecular weight is 333 g/mol. The Morgan fingerprint density at radius 2 is 1.83 bits per heavy atom. The van der Waals surface area contributed by atoms with Crippen molar-refractivity contribution >= 4 is 11.6 Å². The predicted octanol–water partition coefficient (Wildman–Crippen LogP) is 2.51. The number of rotatable bonds is 7. The molecule has 1 aliphatic heterocycles. The summed E-state index contributed by atoms with van der Waals surface area (Å²) in [5.41, 5.74) is 1.22. The molecule has 1 heterocycles. The molecule has 5 heteroatoms. The molecule has 1 aromatic carbocycles. The van der Waals surface area contributed by atoms with Crippen molar-refractivity contribution in [1.29, 1.82) is 0 Å². The number of hydrogen-bond donors (Lipinski definition) is 1. The second-order valence-electron chi connectivity index (χ2n) is 6.40. The molecule has 0 aromatic heterocycles. The minimum absolute atomic E-state index is 0.154. The summed E-state index contributed by atoms with van der Waals surface area (Å²) in [5, 5.41) is 3.13. The first kappa shape index (κ1) is 18.6. The minimum atomic E-state index is 0.154. The zero-order valence-electron chi connectivity index (χ0n) is 15.3. The van der Waals surface area contributed by atoms with Gasteiger partial charge in [-0.1, -0.05) is 13.8 Å². The molecule has 134 valence electrons. The molecule has 1 saturated heterocycles. The van der Waals surface area contributed by atoms with Crippen molar-refractivity contribution in [3.8, 4) is 5.75 Å². The van der Waals surface area contributed by atoms with E-state index in [4.69, 9.17) is 4.74 Å². The molecule has 1 N–H and O–H groups in total. The van der Waals surface area contributed by atoms with Crippen LogP contribution in [0.1, 0.15) is 33.1 Å². The number of anilines is 1. The van der Waals surface area contributed by atoms with Gasteiger partial charge in [0.25, 0.3) is 0 Å². The first-order chi connectivity index (χ1) is 11.7. The molecule has 0 saturated carbocycles. The lowest BCUT2D eigenvalue weighted by Crippen LogP contribution is -2.42. The van der Waals surface area contributed by atoms with Gasteiger partial charge >= 0.3 is 0 Å². The molecule has 2 rings (SSSR count). The summed E-state index contributed by atoms with van der Waals surface area (Å²) < 4.78 is 5.22. The van der Waals surface area contributed by atoms with Gasteiger partial charge in [0.05, 0.1) is 13.7 Å². The van der Waals surface area contributed by atoms with Gasteiger partial charge in [-0.05, 0) is 43.5 Å². The van der Waals surface area contributed by atoms with Crippen LogP contribution in [-0.4, -0.2) is 56.7 Å². The Balaban J connectivity index is 1.84. The standard InChI is InChI=1S/C19H31N3O2/c1-4-16(5-2)20-19(23)15-21-11-6-12-22(14-13-21)17-7-9-18(24-3)10-8-17/h7-10,16H,4-6,11-15H2,1-3H3,(H,20,23). The van der Waals surface area contributed by atoms with Gasteiger partial charge in [0, 0.05) is 37.9 Å². The zero-order valence-corrected chi connectivity index (χ0v) is 15.3. The topological polar surface area (TPSA) is 44.8 Å². The van der Waals surface area contributed by atoms with Crippen LogP contribution in [0.5, 0.6) is 5.75 Å². The Kier molecular flexibility index (Phi) is 7.37. The molecule has 0 bridgehead atoms. The first-order valence-electron chi connectivity index (χ1n) is 9.07. The maximum atomic E-state index is 12.2. The lowest BCUT2D eigenvalue weighted by Gasteiger charge is -2.24. The van der Waals surface area contributed by atoms with Gasteiger partial charge in [0.1, 0.15) is 5.75 Å². The molecule has 5 nitrogen and oxygen atoms in total. The van der Waals surface area contributed by atoms with Crippen molar-refractivity contribution < 1.29 is 9.53 Å². The fourth-order valence-corrected chi connectivity index (χ4v) is 3.15. The molecule has 1 aromatic rings. The fourth-order valence-electron chi connectivity index (χ4n) is 3.15. The van der Waals surface area contributed by atoms with Crippen LogP contribution >= 0.6 is 0 Å². The average Bonchev–Trinajstić information content (AvgIpc) is 2.85. The van der Waals surface area contributed by atoms with Gasteiger partial charge in [-0.15, -0.1) is 0 Å². The molecule has 0 aliphatic carbocycles. The van der Waals surface area contributed by atoms with E-state index in [0.717, 1.165) is 51.2 Å². The van der Waals surface area contributed by atoms with Crippen LogP contribution in [0.25, 0.3) is 0 Å². The third-order valence-corrected chi connectivity index (χ3v) is 4.74. The van der Waals surface area contributed by atoms with E-state index in [-0.39, 0.29) is 5.91 Å². The first-order valence-corrected chi connectivity index (χ1v) is 9.07. The summed E-state index contributed by atoms with van der Waals surface area (Å²) in [6.45, 7) is 8.61. The lowest BCUT2D eigenvalue weighted by atomic mass is 10.2. The maximum Gasteiger partial charge on any atom is 0.234 e. The normalized spacial score (nSPS) is 16.1. The second kappa shape index (κ2) is 9.52. The summed E-state index contributed by atoms with van der Waals surface area (Å²) in [6.07, 6.45) is 3.06. The number of hydrogen-bond acceptors (Lipinski definition) is 4. The van der Waals surface area contributed by atoms with E-state index in [1.54, 1.807) is 7.11 Å². The molecular formula is C19H31N3O2. The van der Waals surface area contributed by atoms with Crippen LogP contribution in [0.2, 0.25) is 0 Å². The Bertz CT molecular complexity index is 500. The summed E-state index contributed by atoms with van der Waals surface area (Å²) in [5.74, 6) is 1.04. The smallest absolute Gasteiger partial charge is 0.234 e. The van der Waals surface area contributed by atoms with Crippen molar-refractivity contribution in [3.63, 3.8) is 0 Å². The predicted molar refractivity (Wildman–Crippen MR) is 98.8 cm³/mol. The van der Waals surface area contributed by atoms with Crippen LogP contribution in [-0.2, 0) is 4.79 Å². The SMILES string of the molecule is CCC(CC)NC(=O)CN1CCCN(c2ccc(OC)cc2)CC1.